The molecule has 0 aromatic heterocycles. The largest absolute Gasteiger partial charge is 0.329 e. The van der Waals surface area contributed by atoms with Gasteiger partial charge in [0.25, 0.3) is 0 Å². The molecule has 1 atom stereocenters. The number of likely N-dealkylation sites (N-methyl/N-ethyl adjacent to an activating group) is 1. The van der Waals surface area contributed by atoms with Gasteiger partial charge in [0.05, 0.1) is 5.54 Å². The first-order chi connectivity index (χ1) is 7.71. The highest BCUT2D eigenvalue weighted by Crippen LogP contribution is 2.31. The Bertz CT molecular complexity index is 321. The fraction of sp³-hybridized carbons (Fsp3) is 0.429. The Morgan fingerprint density at radius 1 is 1.38 bits per heavy atom. The molecule has 0 saturated carbocycles. The van der Waals surface area contributed by atoms with Crippen molar-refractivity contribution in [3.05, 3.63) is 48.6 Å². The summed E-state index contributed by atoms with van der Waals surface area (Å²) in [5.74, 6) is 0. The molecule has 0 amide bonds. The lowest BCUT2D eigenvalue weighted by Crippen LogP contribution is -2.44. The van der Waals surface area contributed by atoms with Crippen LogP contribution in [0, 0.1) is 0 Å². The number of hydrogen-bond donors (Lipinski definition) is 1. The van der Waals surface area contributed by atoms with Crippen molar-refractivity contribution in [3.8, 4) is 0 Å². The topological polar surface area (TPSA) is 29.3 Å². The molecule has 2 N–H and O–H groups in total. The lowest BCUT2D eigenvalue weighted by Gasteiger charge is -2.39. The van der Waals surface area contributed by atoms with Crippen LogP contribution in [0.1, 0.15) is 18.9 Å². The molecule has 1 aromatic carbocycles. The molecular weight excluding hydrogens is 196 g/mol. The second kappa shape index (κ2) is 5.83. The standard InChI is InChI=1S/C14H22N2/c1-4-14(5-2,16(3)12-11-15)13-9-7-6-8-10-13/h4,6-10H,1,5,11-12,15H2,2-3H3. The van der Waals surface area contributed by atoms with E-state index in [1.54, 1.807) is 0 Å². The zero-order valence-electron chi connectivity index (χ0n) is 10.3. The van der Waals surface area contributed by atoms with Crippen molar-refractivity contribution in [3.63, 3.8) is 0 Å². The fourth-order valence-electron chi connectivity index (χ4n) is 2.23. The van der Waals surface area contributed by atoms with Crippen LogP contribution in [0.2, 0.25) is 0 Å². The molecule has 0 saturated heterocycles. The monoisotopic (exact) mass is 218 g/mol. The molecule has 0 radical (unpaired) electrons. The number of nitrogens with two attached hydrogens (primary N) is 1. The van der Waals surface area contributed by atoms with E-state index in [2.05, 4.69) is 49.7 Å². The van der Waals surface area contributed by atoms with Crippen molar-refractivity contribution in [2.45, 2.75) is 18.9 Å². The minimum atomic E-state index is -0.0966. The molecule has 0 bridgehead atoms. The summed E-state index contributed by atoms with van der Waals surface area (Å²) in [5, 5.41) is 0. The summed E-state index contributed by atoms with van der Waals surface area (Å²) in [6.45, 7) is 7.72. The van der Waals surface area contributed by atoms with E-state index in [0.29, 0.717) is 6.54 Å². The third-order valence-electron chi connectivity index (χ3n) is 3.30. The van der Waals surface area contributed by atoms with E-state index in [0.717, 1.165) is 13.0 Å². The molecule has 0 heterocycles. The van der Waals surface area contributed by atoms with Crippen LogP contribution in [0.15, 0.2) is 43.0 Å². The molecule has 1 aromatic rings. The van der Waals surface area contributed by atoms with Crippen LogP contribution < -0.4 is 5.73 Å². The lowest BCUT2D eigenvalue weighted by molar-refractivity contribution is 0.167. The third-order valence-corrected chi connectivity index (χ3v) is 3.30. The number of nitrogens with zero attached hydrogens (tertiary/aromatic N) is 1. The van der Waals surface area contributed by atoms with Crippen molar-refractivity contribution < 1.29 is 0 Å². The van der Waals surface area contributed by atoms with E-state index in [4.69, 9.17) is 5.73 Å². The van der Waals surface area contributed by atoms with Gasteiger partial charge >= 0.3 is 0 Å². The lowest BCUT2D eigenvalue weighted by atomic mass is 9.86. The first-order valence-corrected chi connectivity index (χ1v) is 5.81. The normalized spacial score (nSPS) is 14.8. The minimum absolute atomic E-state index is 0.0966. The maximum atomic E-state index is 5.64. The van der Waals surface area contributed by atoms with E-state index >= 15 is 0 Å². The first-order valence-electron chi connectivity index (χ1n) is 5.81. The van der Waals surface area contributed by atoms with Crippen LogP contribution in [0.5, 0.6) is 0 Å². The Labute approximate surface area is 98.8 Å². The van der Waals surface area contributed by atoms with Crippen molar-refractivity contribution in [2.75, 3.05) is 20.1 Å². The van der Waals surface area contributed by atoms with Crippen LogP contribution in [-0.4, -0.2) is 25.0 Å². The molecule has 0 spiro atoms. The zero-order chi connectivity index (χ0) is 12.0. The highest BCUT2D eigenvalue weighted by Gasteiger charge is 2.30. The SMILES string of the molecule is C=CC(CC)(c1ccccc1)N(C)CCN. The summed E-state index contributed by atoms with van der Waals surface area (Å²) >= 11 is 0. The highest BCUT2D eigenvalue weighted by molar-refractivity contribution is 5.29. The van der Waals surface area contributed by atoms with Gasteiger partial charge in [0.2, 0.25) is 0 Å². The summed E-state index contributed by atoms with van der Waals surface area (Å²) in [6, 6.07) is 10.5. The molecule has 1 rings (SSSR count). The quantitative estimate of drug-likeness (QED) is 0.743. The Balaban J connectivity index is 3.10. The highest BCUT2D eigenvalue weighted by atomic mass is 15.2. The van der Waals surface area contributed by atoms with E-state index in [-0.39, 0.29) is 5.54 Å². The second-order valence-corrected chi connectivity index (χ2v) is 4.06. The van der Waals surface area contributed by atoms with Gasteiger partial charge in [-0.25, -0.2) is 0 Å². The minimum Gasteiger partial charge on any atom is -0.329 e. The molecule has 0 aliphatic heterocycles. The van der Waals surface area contributed by atoms with Gasteiger partial charge in [-0.15, -0.1) is 6.58 Å². The summed E-state index contributed by atoms with van der Waals surface area (Å²) in [5.41, 5.74) is 6.82. The summed E-state index contributed by atoms with van der Waals surface area (Å²) in [4.78, 5) is 2.27. The van der Waals surface area contributed by atoms with Crippen LogP contribution >= 0.6 is 0 Å². The van der Waals surface area contributed by atoms with Gasteiger partial charge in [0.1, 0.15) is 0 Å². The van der Waals surface area contributed by atoms with Crippen molar-refractivity contribution in [1.82, 2.24) is 4.90 Å². The number of rotatable bonds is 6. The maximum absolute atomic E-state index is 5.64. The molecule has 2 nitrogen and oxygen atoms in total. The van der Waals surface area contributed by atoms with Crippen molar-refractivity contribution in [1.29, 1.82) is 0 Å². The van der Waals surface area contributed by atoms with Gasteiger partial charge in [-0.05, 0) is 19.0 Å². The van der Waals surface area contributed by atoms with Gasteiger partial charge in [-0.3, -0.25) is 4.90 Å². The third kappa shape index (κ3) is 2.34. The first kappa shape index (κ1) is 12.9. The maximum Gasteiger partial charge on any atom is 0.0638 e. The molecule has 2 heteroatoms. The number of benzene rings is 1. The van der Waals surface area contributed by atoms with Crippen LogP contribution in [-0.2, 0) is 5.54 Å². The Hall–Kier alpha value is -1.12. The Morgan fingerprint density at radius 2 is 2.00 bits per heavy atom. The van der Waals surface area contributed by atoms with Crippen LogP contribution in [0.4, 0.5) is 0 Å². The van der Waals surface area contributed by atoms with E-state index < -0.39 is 0 Å². The molecule has 0 aliphatic rings. The predicted octanol–water partition coefficient (Wildman–Crippen LogP) is 2.37. The second-order valence-electron chi connectivity index (χ2n) is 4.06. The van der Waals surface area contributed by atoms with Gasteiger partial charge < -0.3 is 5.73 Å². The predicted molar refractivity (Wildman–Crippen MR) is 70.3 cm³/mol. The average molecular weight is 218 g/mol. The molecule has 0 aliphatic carbocycles. The summed E-state index contributed by atoms with van der Waals surface area (Å²) in [7, 11) is 2.10. The molecule has 0 fully saturated rings. The average Bonchev–Trinajstić information content (AvgIpc) is 2.33. The Kier molecular flexibility index (Phi) is 4.71. The van der Waals surface area contributed by atoms with Crippen LogP contribution in [0.3, 0.4) is 0 Å². The van der Waals surface area contributed by atoms with Crippen LogP contribution in [0.25, 0.3) is 0 Å². The number of hydrogen-bond acceptors (Lipinski definition) is 2. The summed E-state index contributed by atoms with van der Waals surface area (Å²) in [6.07, 6.45) is 3.02. The van der Waals surface area contributed by atoms with Gasteiger partial charge in [-0.1, -0.05) is 43.3 Å². The molecule has 88 valence electrons. The molecular formula is C14H22N2. The molecule has 16 heavy (non-hydrogen) atoms. The smallest absolute Gasteiger partial charge is 0.0638 e. The van der Waals surface area contributed by atoms with Gasteiger partial charge in [-0.2, -0.15) is 0 Å². The van der Waals surface area contributed by atoms with E-state index in [1.807, 2.05) is 12.1 Å². The van der Waals surface area contributed by atoms with Crippen molar-refractivity contribution in [2.24, 2.45) is 5.73 Å². The fourth-order valence-corrected chi connectivity index (χ4v) is 2.23. The molecule has 1 unspecified atom stereocenters. The Morgan fingerprint density at radius 3 is 2.44 bits per heavy atom. The van der Waals surface area contributed by atoms with Crippen molar-refractivity contribution >= 4 is 0 Å². The van der Waals surface area contributed by atoms with E-state index in [1.165, 1.54) is 5.56 Å². The summed E-state index contributed by atoms with van der Waals surface area (Å²) < 4.78 is 0. The van der Waals surface area contributed by atoms with Gasteiger partial charge in [0, 0.05) is 13.1 Å². The van der Waals surface area contributed by atoms with Gasteiger partial charge in [0.15, 0.2) is 0 Å². The van der Waals surface area contributed by atoms with E-state index in [9.17, 15) is 0 Å². The zero-order valence-corrected chi connectivity index (χ0v) is 10.3.